The SMILES string of the molecule is CC(/C=C/c1ccccc1)=N/NC(=O)c1ccc(Br)cc1. The van der Waals surface area contributed by atoms with E-state index in [9.17, 15) is 4.79 Å². The summed E-state index contributed by atoms with van der Waals surface area (Å²) >= 11 is 3.33. The second-order valence-corrected chi connectivity index (χ2v) is 5.36. The lowest BCUT2D eigenvalue weighted by atomic mass is 10.2. The van der Waals surface area contributed by atoms with Crippen LogP contribution in [-0.4, -0.2) is 11.6 Å². The van der Waals surface area contributed by atoms with E-state index in [1.54, 1.807) is 12.1 Å². The summed E-state index contributed by atoms with van der Waals surface area (Å²) in [6.45, 7) is 1.83. The summed E-state index contributed by atoms with van der Waals surface area (Å²) in [5.41, 5.74) is 4.92. The molecule has 0 radical (unpaired) electrons. The molecular weight excluding hydrogens is 328 g/mol. The van der Waals surface area contributed by atoms with Crippen LogP contribution in [0.25, 0.3) is 6.08 Å². The van der Waals surface area contributed by atoms with E-state index in [2.05, 4.69) is 26.5 Å². The smallest absolute Gasteiger partial charge is 0.267 e. The van der Waals surface area contributed by atoms with E-state index in [1.165, 1.54) is 0 Å². The zero-order chi connectivity index (χ0) is 15.1. The predicted molar refractivity (Wildman–Crippen MR) is 90.2 cm³/mol. The molecule has 0 heterocycles. The van der Waals surface area contributed by atoms with Crippen molar-refractivity contribution in [2.45, 2.75) is 6.92 Å². The van der Waals surface area contributed by atoms with Crippen molar-refractivity contribution in [2.24, 2.45) is 5.10 Å². The number of benzene rings is 2. The number of nitrogens with zero attached hydrogens (tertiary/aromatic N) is 1. The summed E-state index contributed by atoms with van der Waals surface area (Å²) in [5, 5.41) is 4.06. The normalized spacial score (nSPS) is 11.6. The highest BCUT2D eigenvalue weighted by molar-refractivity contribution is 9.10. The minimum Gasteiger partial charge on any atom is -0.267 e. The van der Waals surface area contributed by atoms with Crippen LogP contribution in [0.4, 0.5) is 0 Å². The molecule has 0 spiro atoms. The molecule has 2 aromatic carbocycles. The lowest BCUT2D eigenvalue weighted by molar-refractivity contribution is 0.0955. The van der Waals surface area contributed by atoms with Gasteiger partial charge < -0.3 is 0 Å². The summed E-state index contributed by atoms with van der Waals surface area (Å²) < 4.78 is 0.935. The van der Waals surface area contributed by atoms with Crippen molar-refractivity contribution in [2.75, 3.05) is 0 Å². The standard InChI is InChI=1S/C17H15BrN2O/c1-13(7-8-14-5-3-2-4-6-14)19-20-17(21)15-9-11-16(18)12-10-15/h2-12H,1H3,(H,20,21)/b8-7+,19-13-. The average Bonchev–Trinajstić information content (AvgIpc) is 2.52. The number of hydrogen-bond donors (Lipinski definition) is 1. The number of hydrogen-bond acceptors (Lipinski definition) is 2. The summed E-state index contributed by atoms with van der Waals surface area (Å²) in [6, 6.07) is 17.0. The molecule has 4 heteroatoms. The third-order valence-electron chi connectivity index (χ3n) is 2.76. The lowest BCUT2D eigenvalue weighted by Gasteiger charge is -2.00. The van der Waals surface area contributed by atoms with Crippen molar-refractivity contribution >= 4 is 33.6 Å². The van der Waals surface area contributed by atoms with Crippen molar-refractivity contribution in [3.63, 3.8) is 0 Å². The van der Waals surface area contributed by atoms with E-state index in [1.807, 2.05) is 61.5 Å². The Kier molecular flexibility index (Phi) is 5.46. The quantitative estimate of drug-likeness (QED) is 0.654. The van der Waals surface area contributed by atoms with Crippen LogP contribution in [-0.2, 0) is 0 Å². The molecule has 0 saturated carbocycles. The fourth-order valence-electron chi connectivity index (χ4n) is 1.62. The largest absolute Gasteiger partial charge is 0.271 e. The first-order chi connectivity index (χ1) is 10.1. The highest BCUT2D eigenvalue weighted by atomic mass is 79.9. The van der Waals surface area contributed by atoms with E-state index < -0.39 is 0 Å². The zero-order valence-electron chi connectivity index (χ0n) is 11.6. The number of hydrazone groups is 1. The maximum Gasteiger partial charge on any atom is 0.271 e. The number of carbonyl (C=O) groups excluding carboxylic acids is 1. The van der Waals surface area contributed by atoms with Crippen LogP contribution in [0.15, 0.2) is 70.2 Å². The summed E-state index contributed by atoms with van der Waals surface area (Å²) in [6.07, 6.45) is 3.81. The van der Waals surface area contributed by atoms with E-state index in [0.29, 0.717) is 5.56 Å². The van der Waals surface area contributed by atoms with Gasteiger partial charge in [-0.15, -0.1) is 0 Å². The van der Waals surface area contributed by atoms with Crippen LogP contribution in [0.2, 0.25) is 0 Å². The maximum absolute atomic E-state index is 11.9. The van der Waals surface area contributed by atoms with Gasteiger partial charge in [0, 0.05) is 10.0 Å². The molecule has 1 amide bonds. The molecule has 2 rings (SSSR count). The van der Waals surface area contributed by atoms with Crippen LogP contribution < -0.4 is 5.43 Å². The van der Waals surface area contributed by atoms with Gasteiger partial charge in [0.1, 0.15) is 0 Å². The molecule has 0 aliphatic carbocycles. The van der Waals surface area contributed by atoms with Gasteiger partial charge in [-0.1, -0.05) is 52.3 Å². The Labute approximate surface area is 132 Å². The van der Waals surface area contributed by atoms with E-state index in [-0.39, 0.29) is 5.91 Å². The average molecular weight is 343 g/mol. The first-order valence-electron chi connectivity index (χ1n) is 6.48. The number of amides is 1. The molecule has 0 aliphatic rings. The third-order valence-corrected chi connectivity index (χ3v) is 3.29. The highest BCUT2D eigenvalue weighted by Gasteiger charge is 2.03. The molecule has 2 aromatic rings. The van der Waals surface area contributed by atoms with Crippen LogP contribution in [0, 0.1) is 0 Å². The molecule has 1 N–H and O–H groups in total. The van der Waals surface area contributed by atoms with Crippen molar-refractivity contribution in [3.8, 4) is 0 Å². The molecule has 0 atom stereocenters. The van der Waals surface area contributed by atoms with E-state index in [0.717, 1.165) is 15.7 Å². The number of rotatable bonds is 4. The molecule has 0 bridgehead atoms. The maximum atomic E-state index is 11.9. The fourth-order valence-corrected chi connectivity index (χ4v) is 1.89. The van der Waals surface area contributed by atoms with Crippen molar-refractivity contribution < 1.29 is 4.79 Å². The Morgan fingerprint density at radius 3 is 2.43 bits per heavy atom. The minimum atomic E-state index is -0.227. The molecule has 106 valence electrons. The molecule has 0 saturated heterocycles. The Balaban J connectivity index is 1.95. The van der Waals surface area contributed by atoms with Gasteiger partial charge in [0.25, 0.3) is 5.91 Å². The van der Waals surface area contributed by atoms with Crippen molar-refractivity contribution in [1.29, 1.82) is 0 Å². The minimum absolute atomic E-state index is 0.227. The molecular formula is C17H15BrN2O. The van der Waals surface area contributed by atoms with Crippen LogP contribution >= 0.6 is 15.9 Å². The van der Waals surface area contributed by atoms with Gasteiger partial charge in [0.2, 0.25) is 0 Å². The molecule has 0 unspecified atom stereocenters. The Morgan fingerprint density at radius 2 is 1.76 bits per heavy atom. The van der Waals surface area contributed by atoms with Gasteiger partial charge in [-0.05, 0) is 42.8 Å². The van der Waals surface area contributed by atoms with Gasteiger partial charge >= 0.3 is 0 Å². The van der Waals surface area contributed by atoms with Crippen LogP contribution in [0.3, 0.4) is 0 Å². The highest BCUT2D eigenvalue weighted by Crippen LogP contribution is 2.10. The molecule has 21 heavy (non-hydrogen) atoms. The Bertz CT molecular complexity index is 661. The van der Waals surface area contributed by atoms with Crippen LogP contribution in [0.5, 0.6) is 0 Å². The summed E-state index contributed by atoms with van der Waals surface area (Å²) in [5.74, 6) is -0.227. The van der Waals surface area contributed by atoms with Gasteiger partial charge in [-0.3, -0.25) is 4.79 Å². The third kappa shape index (κ3) is 5.00. The van der Waals surface area contributed by atoms with Gasteiger partial charge in [-0.25, -0.2) is 5.43 Å². The zero-order valence-corrected chi connectivity index (χ0v) is 13.2. The van der Waals surface area contributed by atoms with Crippen molar-refractivity contribution in [1.82, 2.24) is 5.43 Å². The predicted octanol–water partition coefficient (Wildman–Crippen LogP) is 4.27. The fraction of sp³-hybridized carbons (Fsp3) is 0.0588. The topological polar surface area (TPSA) is 41.5 Å². The molecule has 0 aliphatic heterocycles. The van der Waals surface area contributed by atoms with Gasteiger partial charge in [0.05, 0.1) is 5.71 Å². The summed E-state index contributed by atoms with van der Waals surface area (Å²) in [4.78, 5) is 11.9. The van der Waals surface area contributed by atoms with Crippen LogP contribution in [0.1, 0.15) is 22.8 Å². The van der Waals surface area contributed by atoms with E-state index in [4.69, 9.17) is 0 Å². The molecule has 0 aromatic heterocycles. The summed E-state index contributed by atoms with van der Waals surface area (Å²) in [7, 11) is 0. The Morgan fingerprint density at radius 1 is 1.10 bits per heavy atom. The van der Waals surface area contributed by atoms with Crippen molar-refractivity contribution in [3.05, 3.63) is 76.3 Å². The van der Waals surface area contributed by atoms with Gasteiger partial charge in [0.15, 0.2) is 0 Å². The monoisotopic (exact) mass is 342 g/mol. The molecule has 3 nitrogen and oxygen atoms in total. The first kappa shape index (κ1) is 15.2. The Hall–Kier alpha value is -2.20. The number of halogens is 1. The second-order valence-electron chi connectivity index (χ2n) is 4.45. The molecule has 0 fully saturated rings. The van der Waals surface area contributed by atoms with E-state index >= 15 is 0 Å². The number of allylic oxidation sites excluding steroid dienone is 1. The lowest BCUT2D eigenvalue weighted by Crippen LogP contribution is -2.18. The second kappa shape index (κ2) is 7.55. The van der Waals surface area contributed by atoms with Gasteiger partial charge in [-0.2, -0.15) is 5.10 Å². The number of carbonyl (C=O) groups is 1. The first-order valence-corrected chi connectivity index (χ1v) is 7.28. The number of nitrogens with one attached hydrogen (secondary N) is 1.